The second-order valence-corrected chi connectivity index (χ2v) is 4.75. The number of aliphatic carboxylic acids is 1. The summed E-state index contributed by atoms with van der Waals surface area (Å²) in [5.41, 5.74) is 4.30. The molecule has 5 heteroatoms. The van der Waals surface area contributed by atoms with Crippen molar-refractivity contribution >= 4 is 16.8 Å². The van der Waals surface area contributed by atoms with E-state index in [2.05, 4.69) is 5.73 Å². The van der Waals surface area contributed by atoms with Gasteiger partial charge in [-0.05, 0) is 5.56 Å². The first-order valence-corrected chi connectivity index (χ1v) is 6.01. The maximum Gasteiger partial charge on any atom is 0.136 e. The molecule has 4 nitrogen and oxygen atoms in total. The molecule has 0 saturated carbocycles. The molecule has 1 aromatic rings. The van der Waals surface area contributed by atoms with Crippen LogP contribution in [0.15, 0.2) is 30.3 Å². The van der Waals surface area contributed by atoms with Crippen LogP contribution >= 0.6 is 0 Å². The molecule has 0 aromatic heterocycles. The van der Waals surface area contributed by atoms with Crippen LogP contribution in [0.5, 0.6) is 0 Å². The Morgan fingerprint density at radius 1 is 1.40 bits per heavy atom. The third-order valence-corrected chi connectivity index (χ3v) is 3.32. The summed E-state index contributed by atoms with van der Waals surface area (Å²) in [6.45, 7) is 0. The molecule has 82 valence electrons. The van der Waals surface area contributed by atoms with E-state index < -0.39 is 22.8 Å². The van der Waals surface area contributed by atoms with E-state index in [4.69, 9.17) is 0 Å². The van der Waals surface area contributed by atoms with E-state index in [0.29, 0.717) is 5.75 Å². The zero-order chi connectivity index (χ0) is 11.3. The second-order valence-electron chi connectivity index (χ2n) is 3.25. The van der Waals surface area contributed by atoms with Crippen LogP contribution in [0, 0.1) is 0 Å². The van der Waals surface area contributed by atoms with Gasteiger partial charge in [0.05, 0.1) is 5.75 Å². The van der Waals surface area contributed by atoms with Crippen molar-refractivity contribution in [1.29, 1.82) is 0 Å². The Morgan fingerprint density at radius 3 is 2.53 bits per heavy atom. The number of carboxylic acid groups (broad SMARTS) is 1. The highest BCUT2D eigenvalue weighted by Crippen LogP contribution is 2.03. The van der Waals surface area contributed by atoms with Crippen LogP contribution in [0.3, 0.4) is 0 Å². The predicted molar refractivity (Wildman–Crippen MR) is 54.8 cm³/mol. The van der Waals surface area contributed by atoms with Gasteiger partial charge in [-0.15, -0.1) is 0 Å². The lowest BCUT2D eigenvalue weighted by molar-refractivity contribution is -0.431. The third-order valence-electron chi connectivity index (χ3n) is 1.89. The quantitative estimate of drug-likeness (QED) is 0.650. The summed E-state index contributed by atoms with van der Waals surface area (Å²) in [7, 11) is -1.21. The maximum absolute atomic E-state index is 11.5. The average molecular weight is 227 g/mol. The van der Waals surface area contributed by atoms with Crippen molar-refractivity contribution in [3.05, 3.63) is 35.9 Å². The number of carbonyl (C=O) groups excluding carboxylic acids is 1. The molecule has 0 aliphatic heterocycles. The summed E-state index contributed by atoms with van der Waals surface area (Å²) in [5.74, 6) is -0.853. The van der Waals surface area contributed by atoms with E-state index in [1.807, 2.05) is 30.3 Å². The fraction of sp³-hybridized carbons (Fsp3) is 0.300. The van der Waals surface area contributed by atoms with Crippen LogP contribution in [0.2, 0.25) is 0 Å². The molecule has 0 radical (unpaired) electrons. The molecule has 0 bridgehead atoms. The molecule has 15 heavy (non-hydrogen) atoms. The summed E-state index contributed by atoms with van der Waals surface area (Å²) >= 11 is 0. The lowest BCUT2D eigenvalue weighted by Gasteiger charge is -2.08. The van der Waals surface area contributed by atoms with Gasteiger partial charge < -0.3 is 15.6 Å². The van der Waals surface area contributed by atoms with E-state index in [1.165, 1.54) is 0 Å². The van der Waals surface area contributed by atoms with E-state index in [-0.39, 0.29) is 5.75 Å². The van der Waals surface area contributed by atoms with Crippen LogP contribution in [-0.4, -0.2) is 22.0 Å². The van der Waals surface area contributed by atoms with Gasteiger partial charge in [0.15, 0.2) is 0 Å². The number of rotatable bonds is 5. The highest BCUT2D eigenvalue weighted by Gasteiger charge is 2.12. The van der Waals surface area contributed by atoms with Crippen molar-refractivity contribution < 1.29 is 19.8 Å². The molecule has 0 heterocycles. The molecule has 2 atom stereocenters. The van der Waals surface area contributed by atoms with E-state index in [9.17, 15) is 14.1 Å². The van der Waals surface area contributed by atoms with Crippen LogP contribution < -0.4 is 10.8 Å². The van der Waals surface area contributed by atoms with Gasteiger partial charge in [0.1, 0.15) is 12.0 Å². The molecule has 3 N–H and O–H groups in total. The number of hydrogen-bond donors (Lipinski definition) is 1. The lowest BCUT2D eigenvalue weighted by atomic mass is 10.2. The Balaban J connectivity index is 2.47. The van der Waals surface area contributed by atoms with E-state index in [0.717, 1.165) is 5.56 Å². The molecule has 1 rings (SSSR count). The van der Waals surface area contributed by atoms with Crippen molar-refractivity contribution in [2.24, 2.45) is 0 Å². The predicted octanol–water partition coefficient (Wildman–Crippen LogP) is -1.70. The highest BCUT2D eigenvalue weighted by atomic mass is 32.2. The second kappa shape index (κ2) is 5.63. The molecule has 0 aliphatic rings. The van der Waals surface area contributed by atoms with Crippen molar-refractivity contribution in [2.45, 2.75) is 11.8 Å². The molecule has 0 fully saturated rings. The minimum absolute atomic E-state index is 0.0389. The van der Waals surface area contributed by atoms with Crippen LogP contribution in [0.25, 0.3) is 0 Å². The Hall–Kier alpha value is -1.20. The molecule has 0 spiro atoms. The van der Waals surface area contributed by atoms with Gasteiger partial charge in [-0.3, -0.25) is 4.21 Å². The minimum atomic E-state index is -1.25. The number of hydrogen-bond acceptors (Lipinski definition) is 3. The van der Waals surface area contributed by atoms with Crippen molar-refractivity contribution in [2.75, 3.05) is 5.75 Å². The number of carbonyl (C=O) groups is 1. The molecule has 1 aromatic carbocycles. The van der Waals surface area contributed by atoms with Crippen molar-refractivity contribution in [3.8, 4) is 0 Å². The molecule has 0 unspecified atom stereocenters. The zero-order valence-corrected chi connectivity index (χ0v) is 9.03. The van der Waals surface area contributed by atoms with Crippen LogP contribution in [0.1, 0.15) is 5.56 Å². The topological polar surface area (TPSA) is 84.8 Å². The maximum atomic E-state index is 11.5. The Kier molecular flexibility index (Phi) is 4.45. The normalized spacial score (nSPS) is 14.5. The molecular formula is C10H13NO3S. The Morgan fingerprint density at radius 2 is 2.00 bits per heavy atom. The molecule has 0 saturated heterocycles. The average Bonchev–Trinajstić information content (AvgIpc) is 2.18. The first kappa shape index (κ1) is 11.9. The molecule has 0 amide bonds. The third kappa shape index (κ3) is 4.22. The summed E-state index contributed by atoms with van der Waals surface area (Å²) < 4.78 is 11.5. The molecular weight excluding hydrogens is 214 g/mol. The summed E-state index contributed by atoms with van der Waals surface area (Å²) in [6.07, 6.45) is 0. The minimum Gasteiger partial charge on any atom is -0.544 e. The van der Waals surface area contributed by atoms with Gasteiger partial charge in [-0.1, -0.05) is 30.3 Å². The van der Waals surface area contributed by atoms with Crippen molar-refractivity contribution in [3.63, 3.8) is 0 Å². The van der Waals surface area contributed by atoms with Gasteiger partial charge in [0, 0.05) is 16.6 Å². The van der Waals surface area contributed by atoms with Gasteiger partial charge in [-0.2, -0.15) is 0 Å². The van der Waals surface area contributed by atoms with Crippen LogP contribution in [-0.2, 0) is 21.3 Å². The zero-order valence-electron chi connectivity index (χ0n) is 8.22. The van der Waals surface area contributed by atoms with Gasteiger partial charge in [0.2, 0.25) is 0 Å². The van der Waals surface area contributed by atoms with Gasteiger partial charge in [-0.25, -0.2) is 0 Å². The van der Waals surface area contributed by atoms with Gasteiger partial charge >= 0.3 is 0 Å². The number of quaternary nitrogens is 1. The smallest absolute Gasteiger partial charge is 0.136 e. The first-order chi connectivity index (χ1) is 7.09. The Bertz CT molecular complexity index is 353. The van der Waals surface area contributed by atoms with E-state index >= 15 is 0 Å². The highest BCUT2D eigenvalue weighted by molar-refractivity contribution is 7.84. The SMILES string of the molecule is [NH3+][C@H](C[S@@](=O)Cc1ccccc1)C(=O)[O-]. The number of benzene rings is 1. The monoisotopic (exact) mass is 227 g/mol. The van der Waals surface area contributed by atoms with Crippen molar-refractivity contribution in [1.82, 2.24) is 0 Å². The fourth-order valence-corrected chi connectivity index (χ4v) is 2.38. The van der Waals surface area contributed by atoms with Gasteiger partial charge in [0.25, 0.3) is 0 Å². The fourth-order valence-electron chi connectivity index (χ4n) is 1.11. The Labute approximate surface area is 90.6 Å². The first-order valence-electron chi connectivity index (χ1n) is 4.52. The van der Waals surface area contributed by atoms with Crippen LogP contribution in [0.4, 0.5) is 0 Å². The standard InChI is InChI=1S/C10H13NO3S/c11-9(10(12)13)7-15(14)6-8-4-2-1-3-5-8/h1-5,9H,6-7,11H2,(H,12,13)/t9-,15+/m1/s1. The van der Waals surface area contributed by atoms with E-state index in [1.54, 1.807) is 0 Å². The number of carboxylic acids is 1. The summed E-state index contributed by atoms with van der Waals surface area (Å²) in [4.78, 5) is 10.4. The lowest BCUT2D eigenvalue weighted by Crippen LogP contribution is -2.70. The summed E-state index contributed by atoms with van der Waals surface area (Å²) in [6, 6.07) is 8.39. The summed E-state index contributed by atoms with van der Waals surface area (Å²) in [5, 5.41) is 10.4. The molecule has 0 aliphatic carbocycles. The largest absolute Gasteiger partial charge is 0.544 e.